The summed E-state index contributed by atoms with van der Waals surface area (Å²) in [6, 6.07) is 47.2. The number of hydrogen-bond acceptors (Lipinski definition) is 5. The smallest absolute Gasteiger partial charge is 0.160 e. The number of para-hydroxylation sites is 1. The fourth-order valence-electron chi connectivity index (χ4n) is 6.51. The van der Waals surface area contributed by atoms with E-state index in [2.05, 4.69) is 115 Å². The van der Waals surface area contributed by atoms with Crippen molar-refractivity contribution in [2.24, 2.45) is 0 Å². The van der Waals surface area contributed by atoms with Crippen molar-refractivity contribution in [1.82, 2.24) is 9.97 Å². The van der Waals surface area contributed by atoms with Crippen molar-refractivity contribution in [2.75, 3.05) is 0 Å². The summed E-state index contributed by atoms with van der Waals surface area (Å²) in [7, 11) is 0. The molecule has 0 saturated carbocycles. The van der Waals surface area contributed by atoms with Crippen molar-refractivity contribution in [2.45, 2.75) is 0 Å². The second-order valence-electron chi connectivity index (χ2n) is 11.4. The van der Waals surface area contributed by atoms with Gasteiger partial charge in [0.1, 0.15) is 11.2 Å². The summed E-state index contributed by atoms with van der Waals surface area (Å²) in [6.07, 6.45) is 0. The molecule has 0 amide bonds. The van der Waals surface area contributed by atoms with Gasteiger partial charge in [-0.15, -0.1) is 22.7 Å². The van der Waals surface area contributed by atoms with Crippen LogP contribution in [0.3, 0.4) is 0 Å². The lowest BCUT2D eigenvalue weighted by Crippen LogP contribution is -1.96. The third-order valence-electron chi connectivity index (χ3n) is 8.71. The van der Waals surface area contributed by atoms with Crippen LogP contribution in [-0.2, 0) is 0 Å². The molecule has 0 unspecified atom stereocenters. The zero-order valence-corrected chi connectivity index (χ0v) is 25.5. The number of hydrogen-bond donors (Lipinski definition) is 0. The van der Waals surface area contributed by atoms with Crippen LogP contribution < -0.4 is 0 Å². The minimum absolute atomic E-state index is 0.676. The fourth-order valence-corrected chi connectivity index (χ4v) is 8.68. The Balaban J connectivity index is 1.20. The first-order valence-electron chi connectivity index (χ1n) is 14.9. The average molecular weight is 611 g/mol. The lowest BCUT2D eigenvalue weighted by molar-refractivity contribution is 0.669. The third kappa shape index (κ3) is 3.95. The lowest BCUT2D eigenvalue weighted by atomic mass is 10.0. The van der Waals surface area contributed by atoms with E-state index >= 15 is 0 Å². The quantitative estimate of drug-likeness (QED) is 0.200. The summed E-state index contributed by atoms with van der Waals surface area (Å²) < 4.78 is 11.4. The van der Waals surface area contributed by atoms with Gasteiger partial charge in [-0.3, -0.25) is 0 Å². The first-order valence-corrected chi connectivity index (χ1v) is 16.5. The number of fused-ring (bicyclic) bond motifs is 9. The number of aromatic nitrogens is 2. The monoisotopic (exact) mass is 610 g/mol. The van der Waals surface area contributed by atoms with E-state index in [1.165, 1.54) is 40.3 Å². The lowest BCUT2D eigenvalue weighted by Gasteiger charge is -2.10. The molecule has 3 nitrogen and oxygen atoms in total. The molecule has 0 radical (unpaired) electrons. The Kier molecular flexibility index (Phi) is 5.32. The highest BCUT2D eigenvalue weighted by Crippen LogP contribution is 2.39. The highest BCUT2D eigenvalue weighted by Gasteiger charge is 2.16. The zero-order valence-electron chi connectivity index (χ0n) is 23.8. The van der Waals surface area contributed by atoms with Gasteiger partial charge in [0.15, 0.2) is 5.82 Å². The van der Waals surface area contributed by atoms with E-state index in [-0.39, 0.29) is 0 Å². The van der Waals surface area contributed by atoms with Crippen LogP contribution in [0, 0.1) is 0 Å². The maximum Gasteiger partial charge on any atom is 0.160 e. The Morgan fingerprint density at radius 3 is 1.53 bits per heavy atom. The van der Waals surface area contributed by atoms with Crippen molar-refractivity contribution in [1.29, 1.82) is 0 Å². The molecule has 45 heavy (non-hydrogen) atoms. The van der Waals surface area contributed by atoms with Crippen LogP contribution in [0.4, 0.5) is 0 Å². The van der Waals surface area contributed by atoms with Crippen LogP contribution in [0.5, 0.6) is 0 Å². The molecule has 0 saturated heterocycles. The number of thiophene rings is 2. The second kappa shape index (κ2) is 9.57. The number of nitrogens with zero attached hydrogens (tertiary/aromatic N) is 2. The molecule has 0 bridgehead atoms. The number of rotatable bonds is 3. The van der Waals surface area contributed by atoms with Crippen LogP contribution in [0.15, 0.2) is 138 Å². The van der Waals surface area contributed by atoms with Crippen molar-refractivity contribution in [3.8, 4) is 33.9 Å². The van der Waals surface area contributed by atoms with Crippen molar-refractivity contribution >= 4 is 85.0 Å². The van der Waals surface area contributed by atoms with Crippen molar-refractivity contribution in [3.63, 3.8) is 0 Å². The minimum Gasteiger partial charge on any atom is -0.456 e. The van der Waals surface area contributed by atoms with Gasteiger partial charge in [0.2, 0.25) is 0 Å². The minimum atomic E-state index is 0.676. The molecule has 0 spiro atoms. The molecule has 0 aliphatic carbocycles. The van der Waals surface area contributed by atoms with Gasteiger partial charge in [0, 0.05) is 67.8 Å². The summed E-state index contributed by atoms with van der Waals surface area (Å²) in [4.78, 5) is 10.4. The van der Waals surface area contributed by atoms with Gasteiger partial charge >= 0.3 is 0 Å². The molecule has 0 aliphatic rings. The maximum absolute atomic E-state index is 6.25. The number of furan rings is 1. The average Bonchev–Trinajstić information content (AvgIpc) is 3.78. The fraction of sp³-hybridized carbons (Fsp3) is 0. The second-order valence-corrected chi connectivity index (χ2v) is 13.6. The van der Waals surface area contributed by atoms with E-state index < -0.39 is 0 Å². The van der Waals surface area contributed by atoms with Crippen molar-refractivity contribution in [3.05, 3.63) is 133 Å². The van der Waals surface area contributed by atoms with E-state index in [4.69, 9.17) is 14.4 Å². The molecule has 10 rings (SSSR count). The maximum atomic E-state index is 6.25. The first-order chi connectivity index (χ1) is 22.2. The molecule has 4 heterocycles. The molecule has 210 valence electrons. The SMILES string of the molecule is c1ccc2c(c1)oc1cc(-c3nc(-c4ccc5sc6ccccc6c5c4)cc(-c4ccc5sc6ccccc6c5c4)n3)ccc12. The van der Waals surface area contributed by atoms with Crippen LogP contribution in [-0.4, -0.2) is 9.97 Å². The van der Waals surface area contributed by atoms with Gasteiger partial charge < -0.3 is 4.42 Å². The molecular weight excluding hydrogens is 589 g/mol. The zero-order chi connectivity index (χ0) is 29.5. The molecule has 4 aromatic heterocycles. The highest BCUT2D eigenvalue weighted by molar-refractivity contribution is 7.26. The Bertz CT molecular complexity index is 2650. The predicted molar refractivity (Wildman–Crippen MR) is 191 cm³/mol. The molecule has 0 fully saturated rings. The molecule has 5 heteroatoms. The Labute approximate surface area is 265 Å². The van der Waals surface area contributed by atoms with Crippen molar-refractivity contribution < 1.29 is 4.42 Å². The van der Waals surface area contributed by atoms with E-state index in [1.54, 1.807) is 0 Å². The van der Waals surface area contributed by atoms with Gasteiger partial charge in [-0.05, 0) is 60.7 Å². The van der Waals surface area contributed by atoms with E-state index in [0.717, 1.165) is 50.0 Å². The summed E-state index contributed by atoms with van der Waals surface area (Å²) in [5.74, 6) is 0.676. The summed E-state index contributed by atoms with van der Waals surface area (Å²) in [5, 5.41) is 7.27. The van der Waals surface area contributed by atoms with Crippen LogP contribution in [0.2, 0.25) is 0 Å². The largest absolute Gasteiger partial charge is 0.456 e. The molecule has 6 aromatic carbocycles. The standard InChI is InChI=1S/C40H22N2OS2/c1-4-10-34-26(7-1)27-16-13-25(21-35(27)43-34)40-41-32(23-14-17-38-30(19-23)28-8-2-5-11-36(28)44-38)22-33(42-40)24-15-18-39-31(20-24)29-9-3-6-12-37(29)45-39/h1-22H. The van der Waals surface area contributed by atoms with Gasteiger partial charge in [-0.25, -0.2) is 9.97 Å². The summed E-state index contributed by atoms with van der Waals surface area (Å²) in [6.45, 7) is 0. The molecule has 0 N–H and O–H groups in total. The predicted octanol–water partition coefficient (Wildman–Crippen LogP) is 12.1. The van der Waals surface area contributed by atoms with Gasteiger partial charge in [-0.2, -0.15) is 0 Å². The van der Waals surface area contributed by atoms with Crippen LogP contribution in [0.25, 0.3) is 96.2 Å². The van der Waals surface area contributed by atoms with E-state index in [9.17, 15) is 0 Å². The summed E-state index contributed by atoms with van der Waals surface area (Å²) in [5.41, 5.74) is 6.58. The van der Waals surface area contributed by atoms with E-state index in [0.29, 0.717) is 5.82 Å². The van der Waals surface area contributed by atoms with E-state index in [1.807, 2.05) is 40.9 Å². The van der Waals surface area contributed by atoms with Gasteiger partial charge in [0.25, 0.3) is 0 Å². The molecule has 0 aliphatic heterocycles. The topological polar surface area (TPSA) is 38.9 Å². The number of benzene rings is 6. The highest BCUT2D eigenvalue weighted by atomic mass is 32.1. The molecule has 10 aromatic rings. The van der Waals surface area contributed by atoms with Crippen LogP contribution in [0.1, 0.15) is 0 Å². The van der Waals surface area contributed by atoms with Crippen LogP contribution >= 0.6 is 22.7 Å². The molecular formula is C40H22N2OS2. The van der Waals surface area contributed by atoms with Gasteiger partial charge in [0.05, 0.1) is 11.4 Å². The normalized spacial score (nSPS) is 12.0. The Hall–Kier alpha value is -5.36. The third-order valence-corrected chi connectivity index (χ3v) is 11.0. The Morgan fingerprint density at radius 2 is 0.889 bits per heavy atom. The van der Waals surface area contributed by atoms with Gasteiger partial charge in [-0.1, -0.05) is 72.8 Å². The first kappa shape index (κ1) is 25.0. The molecule has 0 atom stereocenters. The summed E-state index contributed by atoms with van der Waals surface area (Å²) >= 11 is 3.66. The Morgan fingerprint density at radius 1 is 0.378 bits per heavy atom.